The molecule has 2 aromatic carbocycles. The van der Waals surface area contributed by atoms with E-state index in [1.165, 1.54) is 11.8 Å². The van der Waals surface area contributed by atoms with Crippen LogP contribution in [-0.2, 0) is 4.79 Å². The molecule has 3 aromatic rings. The number of Topliss-reactive ketones (excluding diaryl/α,β-unsaturated/α-hetero) is 1. The number of hydrogen-bond donors (Lipinski definition) is 2. The molecule has 3 rings (SSSR count). The number of nitrogens with one attached hydrogen (secondary N) is 2. The number of benzene rings is 2. The molecule has 0 saturated carbocycles. The number of ketones is 1. The maximum absolute atomic E-state index is 12.4. The number of anilines is 1. The Balaban J connectivity index is 1.54. The van der Waals surface area contributed by atoms with Crippen LogP contribution in [0.2, 0.25) is 5.02 Å². The number of H-pyrrole nitrogens is 1. The summed E-state index contributed by atoms with van der Waals surface area (Å²) in [6, 6.07) is 14.2. The summed E-state index contributed by atoms with van der Waals surface area (Å²) >= 11 is 7.16. The molecule has 150 valence electrons. The maximum Gasteiger partial charge on any atom is 0.224 e. The molecule has 6 nitrogen and oxygen atoms in total. The van der Waals surface area contributed by atoms with Crippen LogP contribution in [0.25, 0.3) is 11.4 Å². The lowest BCUT2D eigenvalue weighted by molar-refractivity contribution is -0.116. The normalized spacial score (nSPS) is 10.9. The summed E-state index contributed by atoms with van der Waals surface area (Å²) in [4.78, 5) is 28.6. The number of thioether (sulfide) groups is 1. The number of rotatable bonds is 8. The van der Waals surface area contributed by atoms with Crippen molar-refractivity contribution < 1.29 is 9.59 Å². The molecule has 0 radical (unpaired) electrons. The Kier molecular flexibility index (Phi) is 7.06. The van der Waals surface area contributed by atoms with Crippen LogP contribution in [0.5, 0.6) is 0 Å². The molecule has 2 N–H and O–H groups in total. The standard InChI is InChI=1S/C21H21ClN4O2S/c1-13(2)11-19(28)23-17-9-5-14(6-10-17)18(27)12-29-21-24-20(25-26-21)15-3-7-16(22)8-4-15/h3-10,13H,11-12H2,1-2H3,(H,23,28)(H,24,25,26). The van der Waals surface area contributed by atoms with E-state index < -0.39 is 0 Å². The quantitative estimate of drug-likeness (QED) is 0.385. The van der Waals surface area contributed by atoms with E-state index >= 15 is 0 Å². The summed E-state index contributed by atoms with van der Waals surface area (Å²) in [7, 11) is 0. The second kappa shape index (κ2) is 9.71. The van der Waals surface area contributed by atoms with E-state index in [9.17, 15) is 9.59 Å². The summed E-state index contributed by atoms with van der Waals surface area (Å²) in [5.74, 6) is 1.07. The van der Waals surface area contributed by atoms with Crippen LogP contribution >= 0.6 is 23.4 Å². The average molecular weight is 429 g/mol. The number of nitrogens with zero attached hydrogens (tertiary/aromatic N) is 2. The summed E-state index contributed by atoms with van der Waals surface area (Å²) in [5.41, 5.74) is 2.13. The SMILES string of the molecule is CC(C)CC(=O)Nc1ccc(C(=O)CSc2n[nH]c(-c3ccc(Cl)cc3)n2)cc1. The summed E-state index contributed by atoms with van der Waals surface area (Å²) in [6.45, 7) is 3.98. The van der Waals surface area contributed by atoms with Crippen LogP contribution in [0.4, 0.5) is 5.69 Å². The van der Waals surface area contributed by atoms with Gasteiger partial charge in [-0.25, -0.2) is 4.98 Å². The zero-order valence-corrected chi connectivity index (χ0v) is 17.7. The molecule has 0 unspecified atom stereocenters. The Morgan fingerprint density at radius 2 is 1.79 bits per heavy atom. The fourth-order valence-corrected chi connectivity index (χ4v) is 3.40. The molecule has 1 aromatic heterocycles. The molecule has 0 bridgehead atoms. The lowest BCUT2D eigenvalue weighted by atomic mass is 10.1. The van der Waals surface area contributed by atoms with E-state index in [0.29, 0.717) is 39.6 Å². The van der Waals surface area contributed by atoms with Crippen molar-refractivity contribution in [1.29, 1.82) is 0 Å². The highest BCUT2D eigenvalue weighted by molar-refractivity contribution is 7.99. The first kappa shape index (κ1) is 21.1. The van der Waals surface area contributed by atoms with E-state index in [1.807, 2.05) is 26.0 Å². The Morgan fingerprint density at radius 1 is 1.10 bits per heavy atom. The van der Waals surface area contributed by atoms with Gasteiger partial charge in [-0.3, -0.25) is 14.7 Å². The van der Waals surface area contributed by atoms with E-state index in [4.69, 9.17) is 11.6 Å². The first-order chi connectivity index (χ1) is 13.9. The molecule has 0 aliphatic heterocycles. The molecule has 0 aliphatic carbocycles. The third kappa shape index (κ3) is 6.17. The Bertz CT molecular complexity index is 985. The first-order valence-corrected chi connectivity index (χ1v) is 10.5. The van der Waals surface area contributed by atoms with Gasteiger partial charge in [0, 0.05) is 28.3 Å². The largest absolute Gasteiger partial charge is 0.326 e. The fraction of sp³-hybridized carbons (Fsp3) is 0.238. The molecule has 0 saturated heterocycles. The number of carbonyl (C=O) groups is 2. The smallest absolute Gasteiger partial charge is 0.224 e. The number of aromatic amines is 1. The lowest BCUT2D eigenvalue weighted by Crippen LogP contribution is -2.14. The predicted molar refractivity (Wildman–Crippen MR) is 116 cm³/mol. The molecular formula is C21H21ClN4O2S. The van der Waals surface area contributed by atoms with Crippen LogP contribution in [0.3, 0.4) is 0 Å². The van der Waals surface area contributed by atoms with Crippen molar-refractivity contribution in [3.8, 4) is 11.4 Å². The number of halogens is 1. The van der Waals surface area contributed by atoms with Crippen molar-refractivity contribution in [2.75, 3.05) is 11.1 Å². The highest BCUT2D eigenvalue weighted by Crippen LogP contribution is 2.22. The van der Waals surface area contributed by atoms with Gasteiger partial charge in [-0.15, -0.1) is 5.10 Å². The second-order valence-electron chi connectivity index (χ2n) is 6.91. The number of carbonyl (C=O) groups excluding carboxylic acids is 2. The van der Waals surface area contributed by atoms with Gasteiger partial charge >= 0.3 is 0 Å². The molecule has 0 atom stereocenters. The van der Waals surface area contributed by atoms with E-state index in [-0.39, 0.29) is 17.4 Å². The fourth-order valence-electron chi connectivity index (χ4n) is 2.58. The first-order valence-electron chi connectivity index (χ1n) is 9.15. The van der Waals surface area contributed by atoms with Crippen molar-refractivity contribution in [2.45, 2.75) is 25.4 Å². The minimum Gasteiger partial charge on any atom is -0.326 e. The molecule has 29 heavy (non-hydrogen) atoms. The number of amides is 1. The number of hydrogen-bond acceptors (Lipinski definition) is 5. The summed E-state index contributed by atoms with van der Waals surface area (Å²) in [5, 5.41) is 11.0. The molecule has 1 heterocycles. The highest BCUT2D eigenvalue weighted by atomic mass is 35.5. The molecule has 8 heteroatoms. The van der Waals surface area contributed by atoms with Crippen molar-refractivity contribution in [1.82, 2.24) is 15.2 Å². The van der Waals surface area contributed by atoms with Gasteiger partial charge in [0.1, 0.15) is 0 Å². The predicted octanol–water partition coefficient (Wildman–Crippen LogP) is 5.08. The van der Waals surface area contributed by atoms with Crippen molar-refractivity contribution in [3.63, 3.8) is 0 Å². The van der Waals surface area contributed by atoms with E-state index in [2.05, 4.69) is 20.5 Å². The van der Waals surface area contributed by atoms with Crippen LogP contribution < -0.4 is 5.32 Å². The van der Waals surface area contributed by atoms with Gasteiger partial charge < -0.3 is 5.32 Å². The van der Waals surface area contributed by atoms with Crippen molar-refractivity contribution in [2.24, 2.45) is 5.92 Å². The monoisotopic (exact) mass is 428 g/mol. The maximum atomic E-state index is 12.4. The third-order valence-corrected chi connectivity index (χ3v) is 5.10. The van der Waals surface area contributed by atoms with Gasteiger partial charge in [0.2, 0.25) is 11.1 Å². The van der Waals surface area contributed by atoms with E-state index in [1.54, 1.807) is 36.4 Å². The molecule has 0 spiro atoms. The summed E-state index contributed by atoms with van der Waals surface area (Å²) in [6.07, 6.45) is 0.464. The van der Waals surface area contributed by atoms with Crippen LogP contribution in [0, 0.1) is 5.92 Å². The van der Waals surface area contributed by atoms with Crippen molar-refractivity contribution in [3.05, 3.63) is 59.1 Å². The minimum atomic E-state index is -0.0344. The topological polar surface area (TPSA) is 87.7 Å². The third-order valence-electron chi connectivity index (χ3n) is 4.00. The Labute approximate surface area is 178 Å². The molecule has 0 fully saturated rings. The van der Waals surface area contributed by atoms with Crippen LogP contribution in [0.1, 0.15) is 30.6 Å². The van der Waals surface area contributed by atoms with Gasteiger partial charge in [-0.05, 0) is 54.4 Å². The van der Waals surface area contributed by atoms with Gasteiger partial charge in [-0.2, -0.15) is 0 Å². The Morgan fingerprint density at radius 3 is 2.45 bits per heavy atom. The number of aromatic nitrogens is 3. The lowest BCUT2D eigenvalue weighted by Gasteiger charge is -2.07. The molecular weight excluding hydrogens is 408 g/mol. The minimum absolute atomic E-state index is 0.0317. The van der Waals surface area contributed by atoms with Gasteiger partial charge in [0.25, 0.3) is 0 Å². The molecule has 0 aliphatic rings. The summed E-state index contributed by atoms with van der Waals surface area (Å²) < 4.78 is 0. The second-order valence-corrected chi connectivity index (χ2v) is 8.29. The zero-order valence-electron chi connectivity index (χ0n) is 16.1. The average Bonchev–Trinajstić information content (AvgIpc) is 3.15. The highest BCUT2D eigenvalue weighted by Gasteiger charge is 2.11. The van der Waals surface area contributed by atoms with Crippen LogP contribution in [0.15, 0.2) is 53.7 Å². The zero-order chi connectivity index (χ0) is 20.8. The molecule has 1 amide bonds. The van der Waals surface area contributed by atoms with Crippen molar-refractivity contribution >= 4 is 40.7 Å². The van der Waals surface area contributed by atoms with E-state index in [0.717, 1.165) is 5.56 Å². The van der Waals surface area contributed by atoms with Gasteiger partial charge in [-0.1, -0.05) is 37.2 Å². The van der Waals surface area contributed by atoms with Crippen LogP contribution in [-0.4, -0.2) is 32.6 Å². The van der Waals surface area contributed by atoms with Gasteiger partial charge in [0.15, 0.2) is 11.6 Å². The van der Waals surface area contributed by atoms with Gasteiger partial charge in [0.05, 0.1) is 5.75 Å². The Hall–Kier alpha value is -2.64.